The second kappa shape index (κ2) is 5.55. The first kappa shape index (κ1) is 14.8. The monoisotopic (exact) mass is 337 g/mol. The molecule has 3 rings (SSSR count). The van der Waals surface area contributed by atoms with Crippen LogP contribution in [-0.4, -0.2) is 34.0 Å². The van der Waals surface area contributed by atoms with Crippen molar-refractivity contribution >= 4 is 32.1 Å². The van der Waals surface area contributed by atoms with E-state index in [9.17, 15) is 13.2 Å². The highest BCUT2D eigenvalue weighted by molar-refractivity contribution is 7.89. The van der Waals surface area contributed by atoms with Crippen molar-refractivity contribution in [1.82, 2.24) is 24.5 Å². The molecule has 0 aliphatic carbocycles. The summed E-state index contributed by atoms with van der Waals surface area (Å²) in [4.78, 5) is 12.0. The van der Waals surface area contributed by atoms with Gasteiger partial charge in [-0.25, -0.2) is 13.1 Å². The van der Waals surface area contributed by atoms with E-state index in [1.54, 1.807) is 6.07 Å². The number of ketones is 1. The van der Waals surface area contributed by atoms with Crippen LogP contribution < -0.4 is 4.72 Å². The van der Waals surface area contributed by atoms with Gasteiger partial charge in [0, 0.05) is 5.56 Å². The molecule has 1 aromatic carbocycles. The Balaban J connectivity index is 1.79. The Labute approximate surface area is 129 Å². The summed E-state index contributed by atoms with van der Waals surface area (Å²) < 4.78 is 28.4. The van der Waals surface area contributed by atoms with Crippen LogP contribution in [0.3, 0.4) is 0 Å². The Hall–Kier alpha value is -2.17. The molecule has 0 radical (unpaired) electrons. The van der Waals surface area contributed by atoms with Gasteiger partial charge in [-0.15, -0.1) is 10.2 Å². The molecule has 114 valence electrons. The van der Waals surface area contributed by atoms with Crippen molar-refractivity contribution in [2.75, 3.05) is 0 Å². The second-order valence-electron chi connectivity index (χ2n) is 4.46. The minimum atomic E-state index is -3.72. The van der Waals surface area contributed by atoms with Crippen LogP contribution in [0.4, 0.5) is 0 Å². The van der Waals surface area contributed by atoms with E-state index in [0.29, 0.717) is 15.5 Å². The quantitative estimate of drug-likeness (QED) is 0.692. The van der Waals surface area contributed by atoms with Gasteiger partial charge in [-0.05, 0) is 19.1 Å². The molecule has 2 heterocycles. The summed E-state index contributed by atoms with van der Waals surface area (Å²) >= 11 is 1.25. The van der Waals surface area contributed by atoms with Crippen molar-refractivity contribution in [3.8, 4) is 0 Å². The highest BCUT2D eigenvalue weighted by Crippen LogP contribution is 2.15. The van der Waals surface area contributed by atoms with E-state index in [0.717, 1.165) is 0 Å². The van der Waals surface area contributed by atoms with Crippen LogP contribution in [0.5, 0.6) is 0 Å². The number of carbonyl (C=O) groups is 1. The Kier molecular flexibility index (Phi) is 3.72. The average molecular weight is 337 g/mol. The third-order valence-corrected chi connectivity index (χ3v) is 5.20. The molecule has 0 amide bonds. The first-order valence-corrected chi connectivity index (χ1v) is 8.52. The average Bonchev–Trinajstić information content (AvgIpc) is 3.06. The lowest BCUT2D eigenvalue weighted by Crippen LogP contribution is -2.23. The second-order valence-corrected chi connectivity index (χ2v) is 7.27. The van der Waals surface area contributed by atoms with E-state index < -0.39 is 10.0 Å². The Bertz CT molecular complexity index is 916. The SMILES string of the molecule is CC(=O)c1cccc(S(=O)(=O)NCc2nn3cnnc3s2)c1. The number of nitrogens with zero attached hydrogens (tertiary/aromatic N) is 4. The van der Waals surface area contributed by atoms with Crippen LogP contribution in [0.1, 0.15) is 22.3 Å². The number of benzene rings is 1. The molecular formula is C12H11N5O3S2. The van der Waals surface area contributed by atoms with Gasteiger partial charge in [0.15, 0.2) is 5.78 Å². The molecule has 0 saturated carbocycles. The lowest BCUT2D eigenvalue weighted by molar-refractivity contribution is 0.101. The van der Waals surface area contributed by atoms with Crippen molar-refractivity contribution in [3.63, 3.8) is 0 Å². The summed E-state index contributed by atoms with van der Waals surface area (Å²) in [5, 5.41) is 12.2. The highest BCUT2D eigenvalue weighted by Gasteiger charge is 2.16. The van der Waals surface area contributed by atoms with E-state index in [4.69, 9.17) is 0 Å². The number of rotatable bonds is 5. The molecule has 3 aromatic rings. The predicted octanol–water partition coefficient (Wildman–Crippen LogP) is 0.867. The van der Waals surface area contributed by atoms with E-state index in [-0.39, 0.29) is 17.2 Å². The predicted molar refractivity (Wildman–Crippen MR) is 79.1 cm³/mol. The molecule has 0 aliphatic rings. The maximum absolute atomic E-state index is 12.3. The van der Waals surface area contributed by atoms with Gasteiger partial charge in [-0.3, -0.25) is 4.79 Å². The fourth-order valence-corrected chi connectivity index (χ4v) is 3.67. The molecule has 22 heavy (non-hydrogen) atoms. The van der Waals surface area contributed by atoms with Gasteiger partial charge >= 0.3 is 0 Å². The largest absolute Gasteiger partial charge is 0.295 e. The molecule has 2 aromatic heterocycles. The molecule has 0 unspecified atom stereocenters. The summed E-state index contributed by atoms with van der Waals surface area (Å²) in [6.07, 6.45) is 1.44. The molecule has 1 N–H and O–H groups in total. The smallest absolute Gasteiger partial charge is 0.240 e. The molecule has 0 fully saturated rings. The Morgan fingerprint density at radius 3 is 2.95 bits per heavy atom. The number of fused-ring (bicyclic) bond motifs is 1. The molecule has 8 nitrogen and oxygen atoms in total. The zero-order valence-electron chi connectivity index (χ0n) is 11.4. The summed E-state index contributed by atoms with van der Waals surface area (Å²) in [7, 11) is -3.72. The fourth-order valence-electron chi connectivity index (χ4n) is 1.79. The van der Waals surface area contributed by atoms with Crippen molar-refractivity contribution in [2.45, 2.75) is 18.4 Å². The maximum atomic E-state index is 12.3. The summed E-state index contributed by atoms with van der Waals surface area (Å²) in [5.74, 6) is -0.189. The normalized spacial score (nSPS) is 11.9. The fraction of sp³-hybridized carbons (Fsp3) is 0.167. The van der Waals surface area contributed by atoms with E-state index in [1.165, 1.54) is 47.3 Å². The molecule has 0 atom stereocenters. The number of carbonyl (C=O) groups excluding carboxylic acids is 1. The van der Waals surface area contributed by atoms with Crippen LogP contribution in [0.25, 0.3) is 4.96 Å². The van der Waals surface area contributed by atoms with Gasteiger partial charge in [0.05, 0.1) is 11.4 Å². The van der Waals surface area contributed by atoms with Crippen LogP contribution in [0.15, 0.2) is 35.5 Å². The molecule has 0 bridgehead atoms. The third-order valence-electron chi connectivity index (χ3n) is 2.89. The highest BCUT2D eigenvalue weighted by atomic mass is 32.2. The van der Waals surface area contributed by atoms with Crippen LogP contribution >= 0.6 is 11.3 Å². The molecule has 0 spiro atoms. The number of aromatic nitrogens is 4. The van der Waals surface area contributed by atoms with Gasteiger partial charge < -0.3 is 0 Å². The summed E-state index contributed by atoms with van der Waals surface area (Å²) in [6, 6.07) is 5.90. The lowest BCUT2D eigenvalue weighted by atomic mass is 10.2. The number of hydrogen-bond acceptors (Lipinski definition) is 7. The van der Waals surface area contributed by atoms with Crippen molar-refractivity contribution in [1.29, 1.82) is 0 Å². The topological polar surface area (TPSA) is 106 Å². The Morgan fingerprint density at radius 1 is 1.41 bits per heavy atom. The number of nitrogens with one attached hydrogen (secondary N) is 1. The lowest BCUT2D eigenvalue weighted by Gasteiger charge is -2.06. The number of Topliss-reactive ketones (excluding diaryl/α,β-unsaturated/α-hetero) is 1. The minimum absolute atomic E-state index is 0.0423. The van der Waals surface area contributed by atoms with E-state index in [2.05, 4.69) is 20.0 Å². The standard InChI is InChI=1S/C12H11N5O3S2/c1-8(18)9-3-2-4-10(5-9)22(19,20)14-6-11-16-17-7-13-15-12(17)21-11/h2-5,7,14H,6H2,1H3. The van der Waals surface area contributed by atoms with Gasteiger partial charge in [0.2, 0.25) is 15.0 Å². The first-order valence-electron chi connectivity index (χ1n) is 6.22. The van der Waals surface area contributed by atoms with Gasteiger partial charge in [0.25, 0.3) is 0 Å². The number of sulfonamides is 1. The maximum Gasteiger partial charge on any atom is 0.240 e. The summed E-state index contributed by atoms with van der Waals surface area (Å²) in [6.45, 7) is 1.43. The number of hydrogen-bond donors (Lipinski definition) is 1. The molecule has 10 heteroatoms. The van der Waals surface area contributed by atoms with Crippen molar-refractivity contribution in [2.24, 2.45) is 0 Å². The van der Waals surface area contributed by atoms with Crippen LogP contribution in [0.2, 0.25) is 0 Å². The van der Waals surface area contributed by atoms with Crippen molar-refractivity contribution in [3.05, 3.63) is 41.2 Å². The minimum Gasteiger partial charge on any atom is -0.295 e. The Morgan fingerprint density at radius 2 is 2.23 bits per heavy atom. The van der Waals surface area contributed by atoms with E-state index >= 15 is 0 Å². The molecular weight excluding hydrogens is 326 g/mol. The van der Waals surface area contributed by atoms with Gasteiger partial charge in [-0.2, -0.15) is 9.61 Å². The molecule has 0 aliphatic heterocycles. The first-order chi connectivity index (χ1) is 10.5. The van der Waals surface area contributed by atoms with E-state index in [1.807, 2.05) is 0 Å². The third kappa shape index (κ3) is 2.89. The van der Waals surface area contributed by atoms with Crippen LogP contribution in [-0.2, 0) is 16.6 Å². The van der Waals surface area contributed by atoms with Crippen LogP contribution in [0, 0.1) is 0 Å². The summed E-state index contributed by atoms with van der Waals surface area (Å²) in [5.41, 5.74) is 0.349. The van der Waals surface area contributed by atoms with Gasteiger partial charge in [0.1, 0.15) is 11.3 Å². The zero-order chi connectivity index (χ0) is 15.7. The van der Waals surface area contributed by atoms with Crippen molar-refractivity contribution < 1.29 is 13.2 Å². The zero-order valence-corrected chi connectivity index (χ0v) is 13.1. The van der Waals surface area contributed by atoms with Gasteiger partial charge in [-0.1, -0.05) is 23.5 Å². The molecule has 0 saturated heterocycles.